The van der Waals surface area contributed by atoms with Crippen LogP contribution in [-0.2, 0) is 10.0 Å². The number of aromatic nitrogens is 2. The van der Waals surface area contributed by atoms with Crippen molar-refractivity contribution in [2.24, 2.45) is 0 Å². The lowest BCUT2D eigenvalue weighted by Crippen LogP contribution is -2.11. The van der Waals surface area contributed by atoms with E-state index in [0.29, 0.717) is 9.90 Å². The second-order valence-corrected chi connectivity index (χ2v) is 7.67. The van der Waals surface area contributed by atoms with Crippen LogP contribution in [0, 0.1) is 6.92 Å². The first kappa shape index (κ1) is 13.8. The zero-order valence-electron chi connectivity index (χ0n) is 11.2. The van der Waals surface area contributed by atoms with Gasteiger partial charge >= 0.3 is 0 Å². The van der Waals surface area contributed by atoms with Crippen molar-refractivity contribution in [1.29, 1.82) is 0 Å². The minimum atomic E-state index is -3.54. The normalized spacial score (nSPS) is 11.5. The number of aryl methyl sites for hydroxylation is 1. The molecule has 0 amide bonds. The number of sulfonamides is 1. The van der Waals surface area contributed by atoms with Crippen LogP contribution < -0.4 is 4.72 Å². The summed E-state index contributed by atoms with van der Waals surface area (Å²) >= 11 is 1.25. The number of nitrogens with one attached hydrogen (secondary N) is 1. The highest BCUT2D eigenvalue weighted by Crippen LogP contribution is 2.24. The third-order valence-electron chi connectivity index (χ3n) is 2.85. The third-order valence-corrected chi connectivity index (χ3v) is 5.72. The maximum atomic E-state index is 12.3. The van der Waals surface area contributed by atoms with Gasteiger partial charge in [0.2, 0.25) is 0 Å². The smallest absolute Gasteiger partial charge is 0.271 e. The first-order valence-corrected chi connectivity index (χ1v) is 8.54. The molecule has 3 aromatic rings. The molecule has 0 saturated heterocycles. The molecule has 0 atom stereocenters. The molecule has 2 aromatic heterocycles. The maximum absolute atomic E-state index is 12.3. The summed E-state index contributed by atoms with van der Waals surface area (Å²) < 4.78 is 29.2. The Bertz CT molecular complexity index is 852. The number of anilines is 1. The van der Waals surface area contributed by atoms with Gasteiger partial charge in [0.25, 0.3) is 10.0 Å². The molecule has 0 aliphatic heterocycles. The van der Waals surface area contributed by atoms with E-state index in [2.05, 4.69) is 9.82 Å². The van der Waals surface area contributed by atoms with E-state index in [0.717, 1.165) is 10.6 Å². The van der Waals surface area contributed by atoms with Gasteiger partial charge in [-0.25, -0.2) is 13.1 Å². The standard InChI is InChI=1S/C14H13N3O2S2/c1-11-6-7-14(20-11)21(18,19)16-12-4-2-5-13(10-12)17-9-3-8-15-17/h2-10,16H,1H3. The summed E-state index contributed by atoms with van der Waals surface area (Å²) in [5.74, 6) is 0. The molecule has 0 aliphatic carbocycles. The van der Waals surface area contributed by atoms with E-state index >= 15 is 0 Å². The first-order valence-electron chi connectivity index (χ1n) is 6.24. The second kappa shape index (κ2) is 5.34. The fourth-order valence-electron chi connectivity index (χ4n) is 1.90. The summed E-state index contributed by atoms with van der Waals surface area (Å²) in [7, 11) is -3.54. The molecule has 5 nitrogen and oxygen atoms in total. The number of benzene rings is 1. The molecule has 0 saturated carbocycles. The zero-order valence-corrected chi connectivity index (χ0v) is 12.9. The molecular formula is C14H13N3O2S2. The molecule has 7 heteroatoms. The predicted octanol–water partition coefficient (Wildman–Crippen LogP) is 3.04. The van der Waals surface area contributed by atoms with E-state index in [9.17, 15) is 8.42 Å². The Kier molecular flexibility index (Phi) is 3.52. The van der Waals surface area contributed by atoms with Crippen molar-refractivity contribution in [1.82, 2.24) is 9.78 Å². The monoisotopic (exact) mass is 319 g/mol. The Labute approximate surface area is 126 Å². The van der Waals surface area contributed by atoms with Crippen LogP contribution in [0.5, 0.6) is 0 Å². The molecule has 2 heterocycles. The quantitative estimate of drug-likeness (QED) is 0.804. The van der Waals surface area contributed by atoms with Crippen molar-refractivity contribution in [3.8, 4) is 5.69 Å². The van der Waals surface area contributed by atoms with Crippen LogP contribution in [0.2, 0.25) is 0 Å². The number of hydrogen-bond donors (Lipinski definition) is 1. The zero-order chi connectivity index (χ0) is 14.9. The molecule has 0 radical (unpaired) electrons. The average Bonchev–Trinajstić information content (AvgIpc) is 3.09. The van der Waals surface area contributed by atoms with Crippen LogP contribution in [0.1, 0.15) is 4.88 Å². The lowest BCUT2D eigenvalue weighted by Gasteiger charge is -2.08. The van der Waals surface area contributed by atoms with Crippen LogP contribution in [-0.4, -0.2) is 18.2 Å². The Hall–Kier alpha value is -2.12. The molecule has 1 N–H and O–H groups in total. The van der Waals surface area contributed by atoms with Crippen LogP contribution >= 0.6 is 11.3 Å². The molecule has 108 valence electrons. The van der Waals surface area contributed by atoms with Crippen molar-refractivity contribution < 1.29 is 8.42 Å². The third kappa shape index (κ3) is 2.98. The highest BCUT2D eigenvalue weighted by Gasteiger charge is 2.16. The lowest BCUT2D eigenvalue weighted by atomic mass is 10.3. The van der Waals surface area contributed by atoms with Gasteiger partial charge in [-0.2, -0.15) is 5.10 Å². The highest BCUT2D eigenvalue weighted by atomic mass is 32.2. The summed E-state index contributed by atoms with van der Waals surface area (Å²) in [6.45, 7) is 1.88. The van der Waals surface area contributed by atoms with Crippen molar-refractivity contribution in [3.63, 3.8) is 0 Å². The van der Waals surface area contributed by atoms with Gasteiger partial charge in [0.05, 0.1) is 11.4 Å². The minimum absolute atomic E-state index is 0.310. The number of rotatable bonds is 4. The van der Waals surface area contributed by atoms with Crippen molar-refractivity contribution in [2.75, 3.05) is 4.72 Å². The summed E-state index contributed by atoms with van der Waals surface area (Å²) in [5, 5.41) is 4.13. The van der Waals surface area contributed by atoms with Crippen LogP contribution in [0.4, 0.5) is 5.69 Å². The van der Waals surface area contributed by atoms with Gasteiger partial charge in [0, 0.05) is 17.3 Å². The van der Waals surface area contributed by atoms with E-state index in [1.54, 1.807) is 47.4 Å². The molecular weight excluding hydrogens is 306 g/mol. The lowest BCUT2D eigenvalue weighted by molar-refractivity contribution is 0.603. The van der Waals surface area contributed by atoms with Gasteiger partial charge < -0.3 is 0 Å². The van der Waals surface area contributed by atoms with Gasteiger partial charge in [0.15, 0.2) is 0 Å². The van der Waals surface area contributed by atoms with Crippen LogP contribution in [0.25, 0.3) is 5.69 Å². The molecule has 3 rings (SSSR count). The van der Waals surface area contributed by atoms with Crippen molar-refractivity contribution >= 4 is 27.0 Å². The van der Waals surface area contributed by atoms with E-state index in [1.165, 1.54) is 11.3 Å². The Morgan fingerprint density at radius 3 is 2.71 bits per heavy atom. The second-order valence-electron chi connectivity index (χ2n) is 4.47. The maximum Gasteiger partial charge on any atom is 0.271 e. The number of nitrogens with zero attached hydrogens (tertiary/aromatic N) is 2. The number of hydrogen-bond acceptors (Lipinski definition) is 4. The fraction of sp³-hybridized carbons (Fsp3) is 0.0714. The molecule has 0 spiro atoms. The molecule has 0 bridgehead atoms. The largest absolute Gasteiger partial charge is 0.279 e. The highest BCUT2D eigenvalue weighted by molar-refractivity contribution is 7.94. The minimum Gasteiger partial charge on any atom is -0.279 e. The number of thiophene rings is 1. The van der Waals surface area contributed by atoms with Crippen molar-refractivity contribution in [2.45, 2.75) is 11.1 Å². The molecule has 1 aromatic carbocycles. The fourth-order valence-corrected chi connectivity index (χ4v) is 4.23. The van der Waals surface area contributed by atoms with Crippen LogP contribution in [0.15, 0.2) is 59.1 Å². The Balaban J connectivity index is 1.90. The van der Waals surface area contributed by atoms with Crippen LogP contribution in [0.3, 0.4) is 0 Å². The SMILES string of the molecule is Cc1ccc(S(=O)(=O)Nc2cccc(-n3cccn3)c2)s1. The molecule has 0 unspecified atom stereocenters. The van der Waals surface area contributed by atoms with E-state index < -0.39 is 10.0 Å². The summed E-state index contributed by atoms with van der Waals surface area (Å²) in [6.07, 6.45) is 3.47. The van der Waals surface area contributed by atoms with Gasteiger partial charge in [-0.05, 0) is 43.3 Å². The molecule has 21 heavy (non-hydrogen) atoms. The molecule has 0 aliphatic rings. The van der Waals surface area contributed by atoms with Gasteiger partial charge in [0.1, 0.15) is 4.21 Å². The van der Waals surface area contributed by atoms with Crippen molar-refractivity contribution in [3.05, 3.63) is 59.7 Å². The first-order chi connectivity index (χ1) is 10.0. The van der Waals surface area contributed by atoms with Gasteiger partial charge in [-0.1, -0.05) is 6.07 Å². The summed E-state index contributed by atoms with van der Waals surface area (Å²) in [5.41, 5.74) is 1.30. The summed E-state index contributed by atoms with van der Waals surface area (Å²) in [6, 6.07) is 12.3. The Morgan fingerprint density at radius 2 is 2.05 bits per heavy atom. The van der Waals surface area contributed by atoms with E-state index in [4.69, 9.17) is 0 Å². The summed E-state index contributed by atoms with van der Waals surface area (Å²) in [4.78, 5) is 0.959. The van der Waals surface area contributed by atoms with E-state index in [-0.39, 0.29) is 0 Å². The predicted molar refractivity (Wildman–Crippen MR) is 83.4 cm³/mol. The van der Waals surface area contributed by atoms with Gasteiger partial charge in [-0.3, -0.25) is 4.72 Å². The average molecular weight is 319 g/mol. The Morgan fingerprint density at radius 1 is 1.19 bits per heavy atom. The van der Waals surface area contributed by atoms with E-state index in [1.807, 2.05) is 19.1 Å². The topological polar surface area (TPSA) is 64.0 Å². The molecule has 0 fully saturated rings. The van der Waals surface area contributed by atoms with Gasteiger partial charge in [-0.15, -0.1) is 11.3 Å².